The molecule has 0 atom stereocenters. The molecular formula is C9H6N4O2S2. The van der Waals surface area contributed by atoms with E-state index in [2.05, 4.69) is 14.9 Å². The van der Waals surface area contributed by atoms with E-state index < -0.39 is 10.0 Å². The van der Waals surface area contributed by atoms with Crippen molar-refractivity contribution in [2.75, 3.05) is 4.72 Å². The fourth-order valence-electron chi connectivity index (χ4n) is 1.18. The second-order valence-electron chi connectivity index (χ2n) is 2.96. The van der Waals surface area contributed by atoms with E-state index in [-0.39, 0.29) is 15.6 Å². The maximum Gasteiger partial charge on any atom is 0.265 e. The van der Waals surface area contributed by atoms with Crippen LogP contribution in [0.5, 0.6) is 0 Å². The Morgan fingerprint density at radius 2 is 2.12 bits per heavy atom. The van der Waals surface area contributed by atoms with Crippen molar-refractivity contribution in [1.82, 2.24) is 10.2 Å². The van der Waals surface area contributed by atoms with E-state index in [9.17, 15) is 8.42 Å². The highest BCUT2D eigenvalue weighted by Gasteiger charge is 2.19. The lowest BCUT2D eigenvalue weighted by Gasteiger charge is -2.05. The molecule has 6 nitrogen and oxygen atoms in total. The summed E-state index contributed by atoms with van der Waals surface area (Å²) in [7, 11) is -3.79. The normalized spacial score (nSPS) is 10.8. The average Bonchev–Trinajstić information content (AvgIpc) is 2.81. The SMILES string of the molecule is N#Cc1ccccc1S(=O)(=O)Nc1nncs1. The van der Waals surface area contributed by atoms with Gasteiger partial charge in [0.05, 0.1) is 5.56 Å². The van der Waals surface area contributed by atoms with Gasteiger partial charge in [0, 0.05) is 0 Å². The maximum absolute atomic E-state index is 12.0. The van der Waals surface area contributed by atoms with E-state index in [0.29, 0.717) is 0 Å². The van der Waals surface area contributed by atoms with Gasteiger partial charge in [0.1, 0.15) is 16.5 Å². The number of rotatable bonds is 3. The van der Waals surface area contributed by atoms with Crippen molar-refractivity contribution >= 4 is 26.5 Å². The summed E-state index contributed by atoms with van der Waals surface area (Å²) in [6.45, 7) is 0. The highest BCUT2D eigenvalue weighted by Crippen LogP contribution is 2.19. The van der Waals surface area contributed by atoms with Gasteiger partial charge in [-0.3, -0.25) is 4.72 Å². The minimum atomic E-state index is -3.79. The average molecular weight is 266 g/mol. The molecule has 0 aliphatic heterocycles. The highest BCUT2D eigenvalue weighted by molar-refractivity contribution is 7.93. The second-order valence-corrected chi connectivity index (χ2v) is 5.44. The van der Waals surface area contributed by atoms with Crippen molar-refractivity contribution in [2.45, 2.75) is 4.90 Å². The molecule has 0 fully saturated rings. The zero-order valence-electron chi connectivity index (χ0n) is 8.36. The molecule has 2 aromatic rings. The molecule has 0 aliphatic rings. The summed E-state index contributed by atoms with van der Waals surface area (Å²) in [4.78, 5) is -0.0716. The summed E-state index contributed by atoms with van der Waals surface area (Å²) in [5.41, 5.74) is 1.50. The van der Waals surface area contributed by atoms with E-state index in [1.165, 1.54) is 17.6 Å². The third-order valence-corrected chi connectivity index (χ3v) is 4.01. The summed E-state index contributed by atoms with van der Waals surface area (Å²) in [5.74, 6) is 0. The van der Waals surface area contributed by atoms with Crippen LogP contribution in [0.15, 0.2) is 34.7 Å². The minimum absolute atomic E-state index is 0.0716. The van der Waals surface area contributed by atoms with Crippen LogP contribution in [0.25, 0.3) is 0 Å². The summed E-state index contributed by atoms with van der Waals surface area (Å²) in [5, 5.41) is 16.1. The fourth-order valence-corrected chi connectivity index (χ4v) is 3.03. The Hall–Kier alpha value is -1.98. The third kappa shape index (κ3) is 2.41. The van der Waals surface area contributed by atoms with Gasteiger partial charge in [0.15, 0.2) is 0 Å². The third-order valence-electron chi connectivity index (χ3n) is 1.88. The number of hydrogen-bond acceptors (Lipinski definition) is 6. The monoisotopic (exact) mass is 266 g/mol. The van der Waals surface area contributed by atoms with Crippen LogP contribution < -0.4 is 4.72 Å². The highest BCUT2D eigenvalue weighted by atomic mass is 32.2. The molecule has 0 saturated heterocycles. The van der Waals surface area contributed by atoms with Crippen LogP contribution in [0.1, 0.15) is 5.56 Å². The van der Waals surface area contributed by atoms with E-state index in [0.717, 1.165) is 11.3 Å². The molecule has 0 amide bonds. The number of hydrogen-bond donors (Lipinski definition) is 1. The number of sulfonamides is 1. The van der Waals surface area contributed by atoms with Gasteiger partial charge in [0.25, 0.3) is 10.0 Å². The largest absolute Gasteiger partial charge is 0.265 e. The van der Waals surface area contributed by atoms with Crippen molar-refractivity contribution < 1.29 is 8.42 Å². The number of benzene rings is 1. The predicted molar refractivity (Wildman–Crippen MR) is 61.9 cm³/mol. The first kappa shape index (κ1) is 11.5. The van der Waals surface area contributed by atoms with Gasteiger partial charge in [-0.1, -0.05) is 23.5 Å². The first-order valence-electron chi connectivity index (χ1n) is 4.41. The van der Waals surface area contributed by atoms with Gasteiger partial charge in [0.2, 0.25) is 5.13 Å². The maximum atomic E-state index is 12.0. The van der Waals surface area contributed by atoms with Gasteiger partial charge in [-0.2, -0.15) is 5.26 Å². The van der Waals surface area contributed by atoms with Crippen molar-refractivity contribution in [2.24, 2.45) is 0 Å². The molecule has 1 N–H and O–H groups in total. The molecule has 0 radical (unpaired) electrons. The van der Waals surface area contributed by atoms with E-state index in [1.807, 2.05) is 6.07 Å². The Morgan fingerprint density at radius 1 is 1.35 bits per heavy atom. The number of nitriles is 1. The Kier molecular flexibility index (Phi) is 3.03. The predicted octanol–water partition coefficient (Wildman–Crippen LogP) is 1.21. The standard InChI is InChI=1S/C9H6N4O2S2/c10-5-7-3-1-2-4-8(7)17(14,15)13-9-12-11-6-16-9/h1-4,6H,(H,12,13). The smallest absolute Gasteiger partial charge is 0.253 e. The molecule has 1 aromatic carbocycles. The lowest BCUT2D eigenvalue weighted by Crippen LogP contribution is -2.14. The summed E-state index contributed by atoms with van der Waals surface area (Å²) in [6.07, 6.45) is 0. The van der Waals surface area contributed by atoms with Crippen LogP contribution in [0.4, 0.5) is 5.13 Å². The molecular weight excluding hydrogens is 260 g/mol. The van der Waals surface area contributed by atoms with Crippen LogP contribution in [-0.4, -0.2) is 18.6 Å². The van der Waals surface area contributed by atoms with Gasteiger partial charge in [-0.25, -0.2) is 8.42 Å². The van der Waals surface area contributed by atoms with Crippen molar-refractivity contribution in [3.05, 3.63) is 35.3 Å². The molecule has 1 aromatic heterocycles. The Labute approximate surface area is 102 Å². The lowest BCUT2D eigenvalue weighted by atomic mass is 10.2. The molecule has 0 bridgehead atoms. The Balaban J connectivity index is 2.42. The minimum Gasteiger partial charge on any atom is -0.253 e. The van der Waals surface area contributed by atoms with Crippen molar-refractivity contribution in [3.8, 4) is 6.07 Å². The number of aromatic nitrogens is 2. The van der Waals surface area contributed by atoms with Gasteiger partial charge in [-0.15, -0.1) is 10.2 Å². The van der Waals surface area contributed by atoms with Crippen molar-refractivity contribution in [3.63, 3.8) is 0 Å². The number of anilines is 1. The van der Waals surface area contributed by atoms with E-state index in [1.54, 1.807) is 12.1 Å². The first-order chi connectivity index (χ1) is 8.13. The number of nitrogens with one attached hydrogen (secondary N) is 1. The van der Waals surface area contributed by atoms with Crippen LogP contribution in [0.3, 0.4) is 0 Å². The van der Waals surface area contributed by atoms with Gasteiger partial charge < -0.3 is 0 Å². The van der Waals surface area contributed by atoms with Crippen LogP contribution in [-0.2, 0) is 10.0 Å². The lowest BCUT2D eigenvalue weighted by molar-refractivity contribution is 0.601. The van der Waals surface area contributed by atoms with E-state index >= 15 is 0 Å². The fraction of sp³-hybridized carbons (Fsp3) is 0. The first-order valence-corrected chi connectivity index (χ1v) is 6.78. The molecule has 0 aliphatic carbocycles. The van der Waals surface area contributed by atoms with Crippen molar-refractivity contribution in [1.29, 1.82) is 5.26 Å². The molecule has 2 rings (SSSR count). The zero-order valence-corrected chi connectivity index (χ0v) is 9.99. The summed E-state index contributed by atoms with van der Waals surface area (Å²) in [6, 6.07) is 7.78. The molecule has 1 heterocycles. The van der Waals surface area contributed by atoms with Gasteiger partial charge >= 0.3 is 0 Å². The molecule has 0 saturated carbocycles. The summed E-state index contributed by atoms with van der Waals surface area (Å²) >= 11 is 1.06. The van der Waals surface area contributed by atoms with E-state index in [4.69, 9.17) is 5.26 Å². The molecule has 8 heteroatoms. The zero-order chi connectivity index (χ0) is 12.3. The molecule has 0 spiro atoms. The van der Waals surface area contributed by atoms with Crippen LogP contribution in [0.2, 0.25) is 0 Å². The van der Waals surface area contributed by atoms with Crippen LogP contribution in [0, 0.1) is 11.3 Å². The Morgan fingerprint density at radius 3 is 2.76 bits per heavy atom. The topological polar surface area (TPSA) is 95.7 Å². The molecule has 17 heavy (non-hydrogen) atoms. The Bertz CT molecular complexity index is 659. The van der Waals surface area contributed by atoms with Gasteiger partial charge in [-0.05, 0) is 12.1 Å². The van der Waals surface area contributed by atoms with Crippen LogP contribution >= 0.6 is 11.3 Å². The molecule has 86 valence electrons. The number of nitrogens with zero attached hydrogens (tertiary/aromatic N) is 3. The summed E-state index contributed by atoms with van der Waals surface area (Å²) < 4.78 is 26.2. The molecule has 0 unspecified atom stereocenters. The second kappa shape index (κ2) is 4.48. The quantitative estimate of drug-likeness (QED) is 0.900.